The van der Waals surface area contributed by atoms with Gasteiger partial charge in [0.1, 0.15) is 17.1 Å². The molecule has 0 spiro atoms. The Kier molecular flexibility index (Phi) is 11.4. The molecule has 0 aromatic heterocycles. The Hall–Kier alpha value is -1.71. The molecular weight excluding hydrogens is 434 g/mol. The number of hydrogen-bond donors (Lipinski definition) is 1. The molecule has 3 atom stereocenters. The maximum absolute atomic E-state index is 11.2. The molecule has 0 fully saturated rings. The highest BCUT2D eigenvalue weighted by Gasteiger charge is 2.34. The first-order valence-electron chi connectivity index (χ1n) is 14.2. The Morgan fingerprint density at radius 1 is 0.914 bits per heavy atom. The van der Waals surface area contributed by atoms with Gasteiger partial charge in [0.05, 0.1) is 0 Å². The number of ether oxygens (including phenoxy) is 2. The molecule has 4 nitrogen and oxygen atoms in total. The molecule has 1 aliphatic heterocycles. The largest absolute Gasteiger partial charge is 0.487 e. The monoisotopic (exact) mass is 487 g/mol. The van der Waals surface area contributed by atoms with E-state index >= 15 is 0 Å². The number of carbonyl (C=O) groups is 1. The molecule has 1 aromatic rings. The van der Waals surface area contributed by atoms with E-state index in [2.05, 4.69) is 48.5 Å². The molecule has 0 saturated heterocycles. The van der Waals surface area contributed by atoms with Crippen LogP contribution in [0.25, 0.3) is 0 Å². The standard InChI is InChI=1S/C31H53NO3/c1-21(2)12-9-13-22(3)14-10-15-23(4)16-11-18-31(8)19-17-27-26(7)29(34-20-28(32)33)24(5)25(6)30(27)35-31/h21-23H,9-20H2,1-8H3,(H2,32,33)/t22-,23-,31-/m1/s1. The highest BCUT2D eigenvalue weighted by Crippen LogP contribution is 2.45. The fourth-order valence-corrected chi connectivity index (χ4v) is 5.62. The van der Waals surface area contributed by atoms with Crippen molar-refractivity contribution in [3.05, 3.63) is 22.3 Å². The summed E-state index contributed by atoms with van der Waals surface area (Å²) < 4.78 is 12.5. The molecule has 2 N–H and O–H groups in total. The van der Waals surface area contributed by atoms with Crippen LogP contribution in [0.2, 0.25) is 0 Å². The second-order valence-corrected chi connectivity index (χ2v) is 12.2. The number of benzene rings is 1. The predicted octanol–water partition coefficient (Wildman–Crippen LogP) is 8.00. The lowest BCUT2D eigenvalue weighted by Crippen LogP contribution is -2.37. The SMILES string of the molecule is Cc1c(C)c2c(c(C)c1OCC(N)=O)CC[C@@](C)(CCC[C@H](C)CCC[C@H](C)CCCC(C)C)O2. The van der Waals surface area contributed by atoms with Crippen molar-refractivity contribution in [2.24, 2.45) is 23.5 Å². The second kappa shape index (κ2) is 13.6. The Bertz CT molecular complexity index is 831. The van der Waals surface area contributed by atoms with Crippen molar-refractivity contribution in [2.45, 2.75) is 132 Å². The van der Waals surface area contributed by atoms with Crippen LogP contribution < -0.4 is 15.2 Å². The summed E-state index contributed by atoms with van der Waals surface area (Å²) in [4.78, 5) is 11.2. The average molecular weight is 488 g/mol. The van der Waals surface area contributed by atoms with Gasteiger partial charge in [-0.2, -0.15) is 0 Å². The van der Waals surface area contributed by atoms with Crippen LogP contribution in [0, 0.1) is 38.5 Å². The van der Waals surface area contributed by atoms with Crippen molar-refractivity contribution in [3.8, 4) is 11.5 Å². The van der Waals surface area contributed by atoms with E-state index in [9.17, 15) is 4.79 Å². The van der Waals surface area contributed by atoms with Gasteiger partial charge in [-0.05, 0) is 87.8 Å². The maximum Gasteiger partial charge on any atom is 0.255 e. The summed E-state index contributed by atoms with van der Waals surface area (Å²) in [5, 5.41) is 0. The first-order valence-corrected chi connectivity index (χ1v) is 14.2. The van der Waals surface area contributed by atoms with E-state index in [1.54, 1.807) is 0 Å². The molecule has 0 radical (unpaired) electrons. The molecule has 0 bridgehead atoms. The third-order valence-electron chi connectivity index (χ3n) is 8.20. The van der Waals surface area contributed by atoms with Crippen molar-refractivity contribution in [2.75, 3.05) is 6.61 Å². The molecule has 2 rings (SSSR count). The minimum atomic E-state index is -0.451. The van der Waals surface area contributed by atoms with Crippen LogP contribution in [0.4, 0.5) is 0 Å². The summed E-state index contributed by atoms with van der Waals surface area (Å²) in [6.45, 7) is 17.9. The lowest BCUT2D eigenvalue weighted by Gasteiger charge is -2.38. The van der Waals surface area contributed by atoms with E-state index < -0.39 is 5.91 Å². The van der Waals surface area contributed by atoms with Crippen molar-refractivity contribution < 1.29 is 14.3 Å². The zero-order valence-electron chi connectivity index (χ0n) is 24.0. The maximum atomic E-state index is 11.2. The van der Waals surface area contributed by atoms with Crippen LogP contribution in [0.5, 0.6) is 11.5 Å². The number of amides is 1. The van der Waals surface area contributed by atoms with E-state index in [1.807, 2.05) is 6.92 Å². The number of carbonyl (C=O) groups excluding carboxylic acids is 1. The molecule has 200 valence electrons. The topological polar surface area (TPSA) is 61.5 Å². The van der Waals surface area contributed by atoms with Gasteiger partial charge in [-0.3, -0.25) is 4.79 Å². The second-order valence-electron chi connectivity index (χ2n) is 12.2. The van der Waals surface area contributed by atoms with E-state index in [-0.39, 0.29) is 12.2 Å². The Balaban J connectivity index is 1.83. The number of hydrogen-bond acceptors (Lipinski definition) is 3. The van der Waals surface area contributed by atoms with Crippen molar-refractivity contribution in [1.29, 1.82) is 0 Å². The van der Waals surface area contributed by atoms with E-state index in [0.717, 1.165) is 65.2 Å². The molecular formula is C31H53NO3. The Labute approximate surface area is 215 Å². The summed E-state index contributed by atoms with van der Waals surface area (Å²) in [5.41, 5.74) is 9.65. The van der Waals surface area contributed by atoms with Gasteiger partial charge in [0, 0.05) is 5.56 Å². The van der Waals surface area contributed by atoms with Gasteiger partial charge in [0.15, 0.2) is 6.61 Å². The van der Waals surface area contributed by atoms with Crippen LogP contribution in [-0.4, -0.2) is 18.1 Å². The van der Waals surface area contributed by atoms with Crippen LogP contribution in [0.1, 0.15) is 121 Å². The van der Waals surface area contributed by atoms with E-state index in [0.29, 0.717) is 0 Å². The molecule has 0 aliphatic carbocycles. The molecule has 35 heavy (non-hydrogen) atoms. The van der Waals surface area contributed by atoms with E-state index in [4.69, 9.17) is 15.2 Å². The summed E-state index contributed by atoms with van der Waals surface area (Å²) in [5.74, 6) is 3.85. The highest BCUT2D eigenvalue weighted by atomic mass is 16.5. The first-order chi connectivity index (χ1) is 16.4. The molecule has 1 amide bonds. The van der Waals surface area contributed by atoms with Crippen molar-refractivity contribution >= 4 is 5.91 Å². The number of rotatable bonds is 15. The van der Waals surface area contributed by atoms with E-state index in [1.165, 1.54) is 56.9 Å². The van der Waals surface area contributed by atoms with Crippen LogP contribution in [0.3, 0.4) is 0 Å². The van der Waals surface area contributed by atoms with Crippen molar-refractivity contribution in [3.63, 3.8) is 0 Å². The zero-order chi connectivity index (χ0) is 26.2. The third kappa shape index (κ3) is 9.03. The number of fused-ring (bicyclic) bond motifs is 1. The molecule has 1 aliphatic rings. The lowest BCUT2D eigenvalue weighted by molar-refractivity contribution is -0.119. The van der Waals surface area contributed by atoms with Gasteiger partial charge in [0.25, 0.3) is 5.91 Å². The summed E-state index contributed by atoms with van der Waals surface area (Å²) in [7, 11) is 0. The molecule has 0 unspecified atom stereocenters. The molecule has 1 heterocycles. The summed E-state index contributed by atoms with van der Waals surface area (Å²) in [6, 6.07) is 0. The van der Waals surface area contributed by atoms with Crippen molar-refractivity contribution in [1.82, 2.24) is 0 Å². The van der Waals surface area contributed by atoms with Gasteiger partial charge >= 0.3 is 0 Å². The van der Waals surface area contributed by atoms with Crippen LogP contribution >= 0.6 is 0 Å². The quantitative estimate of drug-likeness (QED) is 0.272. The molecule has 0 saturated carbocycles. The zero-order valence-corrected chi connectivity index (χ0v) is 24.0. The smallest absolute Gasteiger partial charge is 0.255 e. The average Bonchev–Trinajstić information content (AvgIpc) is 2.77. The molecule has 1 aromatic carbocycles. The van der Waals surface area contributed by atoms with Gasteiger partial charge < -0.3 is 15.2 Å². The molecule has 4 heteroatoms. The fourth-order valence-electron chi connectivity index (χ4n) is 5.62. The predicted molar refractivity (Wildman–Crippen MR) is 147 cm³/mol. The number of nitrogens with two attached hydrogens (primary N) is 1. The van der Waals surface area contributed by atoms with Gasteiger partial charge in [-0.15, -0.1) is 0 Å². The van der Waals surface area contributed by atoms with Gasteiger partial charge in [-0.1, -0.05) is 72.6 Å². The van der Waals surface area contributed by atoms with Crippen LogP contribution in [0.15, 0.2) is 0 Å². The Morgan fingerprint density at radius 2 is 1.49 bits per heavy atom. The van der Waals surface area contributed by atoms with Gasteiger partial charge in [0.2, 0.25) is 0 Å². The van der Waals surface area contributed by atoms with Gasteiger partial charge in [-0.25, -0.2) is 0 Å². The third-order valence-corrected chi connectivity index (χ3v) is 8.20. The summed E-state index contributed by atoms with van der Waals surface area (Å²) >= 11 is 0. The minimum Gasteiger partial charge on any atom is -0.487 e. The first kappa shape index (κ1) is 29.5. The number of primary amides is 1. The fraction of sp³-hybridized carbons (Fsp3) is 0.774. The van der Waals surface area contributed by atoms with Crippen LogP contribution in [-0.2, 0) is 11.2 Å². The normalized spacial score (nSPS) is 19.2. The lowest BCUT2D eigenvalue weighted by atomic mass is 9.83. The highest BCUT2D eigenvalue weighted by molar-refractivity contribution is 5.75. The minimum absolute atomic E-state index is 0.0896. The Morgan fingerprint density at radius 3 is 2.06 bits per heavy atom. The summed E-state index contributed by atoms with van der Waals surface area (Å²) in [6.07, 6.45) is 13.8.